The van der Waals surface area contributed by atoms with Crippen molar-refractivity contribution < 1.29 is 13.9 Å². The summed E-state index contributed by atoms with van der Waals surface area (Å²) in [4.78, 5) is 26.4. The highest BCUT2D eigenvalue weighted by molar-refractivity contribution is 9.10. The zero-order valence-electron chi connectivity index (χ0n) is 20.9. The third-order valence-electron chi connectivity index (χ3n) is 7.50. The van der Waals surface area contributed by atoms with Crippen LogP contribution in [0.4, 0.5) is 5.95 Å². The van der Waals surface area contributed by atoms with Crippen LogP contribution < -0.4 is 10.6 Å². The quantitative estimate of drug-likeness (QED) is 0.253. The number of carbonyl (C=O) groups excluding carboxylic acids is 1. The summed E-state index contributed by atoms with van der Waals surface area (Å²) in [6.07, 6.45) is 6.82. The minimum atomic E-state index is -2.46. The molecule has 1 saturated carbocycles. The Bertz CT molecular complexity index is 1610. The summed E-state index contributed by atoms with van der Waals surface area (Å²) in [6, 6.07) is 9.68. The predicted molar refractivity (Wildman–Crippen MR) is 153 cm³/mol. The third kappa shape index (κ3) is 5.29. The standard InChI is InChI=1S/C26H27BrN8O3S/c27-23-21-14-30-26(32-19-4-3-16(10-19)25(36)31-18-5-8-39(37,38)9-6-18)33-24(21)35(34-23)20-11-15-2-1-7-29-22(15)17(12-20)13-28/h1-2,7,11-12,14,16,18-19,37-38H,3-6,8-10H2,(H,31,36)(H,30,32,33)/t16-,19-/m1/s1. The molecule has 1 aliphatic carbocycles. The number of nitriles is 1. The molecule has 0 unspecified atom stereocenters. The molecule has 3 aromatic heterocycles. The summed E-state index contributed by atoms with van der Waals surface area (Å²) in [6.45, 7) is 0. The number of rotatable bonds is 5. The monoisotopic (exact) mass is 610 g/mol. The Kier molecular flexibility index (Phi) is 6.88. The van der Waals surface area contributed by atoms with Crippen LogP contribution in [0.2, 0.25) is 0 Å². The lowest BCUT2D eigenvalue weighted by atomic mass is 10.1. The first kappa shape index (κ1) is 25.9. The Hall–Kier alpha value is -3.31. The lowest BCUT2D eigenvalue weighted by Crippen LogP contribution is -2.42. The molecule has 6 rings (SSSR count). The average Bonchev–Trinajstić information content (AvgIpc) is 3.53. The number of hydrogen-bond acceptors (Lipinski definition) is 9. The lowest BCUT2D eigenvalue weighted by molar-refractivity contribution is -0.125. The maximum absolute atomic E-state index is 12.9. The van der Waals surface area contributed by atoms with Crippen molar-refractivity contribution in [3.05, 3.63) is 46.8 Å². The minimum Gasteiger partial charge on any atom is -0.353 e. The van der Waals surface area contributed by atoms with Crippen LogP contribution >= 0.6 is 26.5 Å². The van der Waals surface area contributed by atoms with E-state index in [1.807, 2.05) is 18.2 Å². The number of amides is 1. The molecule has 0 bridgehead atoms. The van der Waals surface area contributed by atoms with Crippen molar-refractivity contribution in [2.45, 2.75) is 44.2 Å². The SMILES string of the molecule is N#Cc1cc(-n2nc(Br)c3cnc(N[C@@H]4CC[C@@H](C(=O)NC5CCS(O)(O)CC5)C4)nc32)cc2cccnc12. The molecule has 1 saturated heterocycles. The molecule has 0 radical (unpaired) electrons. The predicted octanol–water partition coefficient (Wildman–Crippen LogP) is 4.61. The van der Waals surface area contributed by atoms with Crippen LogP contribution in [0, 0.1) is 17.2 Å². The largest absolute Gasteiger partial charge is 0.353 e. The minimum absolute atomic E-state index is 0.00125. The summed E-state index contributed by atoms with van der Waals surface area (Å²) >= 11 is 3.50. The van der Waals surface area contributed by atoms with Crippen LogP contribution in [0.3, 0.4) is 0 Å². The van der Waals surface area contributed by atoms with Crippen molar-refractivity contribution in [1.82, 2.24) is 30.0 Å². The number of benzene rings is 1. The fourth-order valence-corrected chi connectivity index (χ4v) is 7.37. The van der Waals surface area contributed by atoms with E-state index in [1.54, 1.807) is 23.1 Å². The number of hydrogen-bond donors (Lipinski definition) is 4. The van der Waals surface area contributed by atoms with Gasteiger partial charge in [0, 0.05) is 47.3 Å². The zero-order valence-corrected chi connectivity index (χ0v) is 23.3. The van der Waals surface area contributed by atoms with Gasteiger partial charge in [-0.1, -0.05) is 6.07 Å². The molecule has 1 aromatic carbocycles. The molecule has 4 heterocycles. The zero-order chi connectivity index (χ0) is 27.1. The van der Waals surface area contributed by atoms with E-state index in [-0.39, 0.29) is 23.9 Å². The van der Waals surface area contributed by atoms with Gasteiger partial charge in [-0.2, -0.15) is 25.9 Å². The van der Waals surface area contributed by atoms with Gasteiger partial charge in [0.25, 0.3) is 0 Å². The summed E-state index contributed by atoms with van der Waals surface area (Å²) < 4.78 is 21.9. The Balaban J connectivity index is 1.18. The van der Waals surface area contributed by atoms with Gasteiger partial charge in [-0.15, -0.1) is 0 Å². The number of carbonyl (C=O) groups is 1. The van der Waals surface area contributed by atoms with Gasteiger partial charge in [-0.25, -0.2) is 9.67 Å². The Morgan fingerprint density at radius 3 is 2.77 bits per heavy atom. The molecular formula is C26H27BrN8O3S. The first-order valence-corrected chi connectivity index (χ1v) is 15.5. The molecule has 39 heavy (non-hydrogen) atoms. The van der Waals surface area contributed by atoms with Crippen LogP contribution in [0.25, 0.3) is 27.6 Å². The second-order valence-corrected chi connectivity index (χ2v) is 13.3. The van der Waals surface area contributed by atoms with Crippen molar-refractivity contribution in [2.75, 3.05) is 16.8 Å². The van der Waals surface area contributed by atoms with Gasteiger partial charge in [0.1, 0.15) is 10.7 Å². The molecule has 2 atom stereocenters. The van der Waals surface area contributed by atoms with E-state index in [0.717, 1.165) is 23.6 Å². The Morgan fingerprint density at radius 1 is 1.15 bits per heavy atom. The van der Waals surface area contributed by atoms with E-state index in [2.05, 4.69) is 47.7 Å². The molecule has 1 amide bonds. The van der Waals surface area contributed by atoms with Gasteiger partial charge in [0.2, 0.25) is 11.9 Å². The van der Waals surface area contributed by atoms with Gasteiger partial charge < -0.3 is 10.6 Å². The van der Waals surface area contributed by atoms with E-state index >= 15 is 0 Å². The lowest BCUT2D eigenvalue weighted by Gasteiger charge is -2.39. The van der Waals surface area contributed by atoms with Crippen molar-refractivity contribution in [3.63, 3.8) is 0 Å². The smallest absolute Gasteiger partial charge is 0.224 e. The number of nitrogens with zero attached hydrogens (tertiary/aromatic N) is 6. The average molecular weight is 612 g/mol. The van der Waals surface area contributed by atoms with Gasteiger partial charge >= 0.3 is 0 Å². The number of pyridine rings is 1. The number of halogens is 1. The van der Waals surface area contributed by atoms with Crippen LogP contribution in [0.15, 0.2) is 41.3 Å². The molecule has 4 N–H and O–H groups in total. The van der Waals surface area contributed by atoms with E-state index in [9.17, 15) is 19.2 Å². The Labute approximate surface area is 234 Å². The van der Waals surface area contributed by atoms with E-state index < -0.39 is 10.6 Å². The fraction of sp³-hybridized carbons (Fsp3) is 0.385. The highest BCUT2D eigenvalue weighted by Crippen LogP contribution is 2.44. The maximum Gasteiger partial charge on any atom is 0.224 e. The van der Waals surface area contributed by atoms with Crippen molar-refractivity contribution in [2.24, 2.45) is 5.92 Å². The van der Waals surface area contributed by atoms with Crippen LogP contribution in [-0.4, -0.2) is 63.3 Å². The number of anilines is 1. The van der Waals surface area contributed by atoms with Gasteiger partial charge in [0.15, 0.2) is 5.65 Å². The number of nitrogens with one attached hydrogen (secondary N) is 2. The highest BCUT2D eigenvalue weighted by atomic mass is 79.9. The molecule has 4 aromatic rings. The van der Waals surface area contributed by atoms with Crippen LogP contribution in [-0.2, 0) is 4.79 Å². The first-order chi connectivity index (χ1) is 18.8. The second-order valence-electron chi connectivity index (χ2n) is 10.2. The normalized spacial score (nSPS) is 22.0. The highest BCUT2D eigenvalue weighted by Gasteiger charge is 2.33. The van der Waals surface area contributed by atoms with Crippen molar-refractivity contribution in [1.29, 1.82) is 5.26 Å². The van der Waals surface area contributed by atoms with Gasteiger partial charge in [-0.05, 0) is 66.2 Å². The van der Waals surface area contributed by atoms with E-state index in [0.29, 0.717) is 63.7 Å². The molecule has 11 nitrogen and oxygen atoms in total. The van der Waals surface area contributed by atoms with Crippen LogP contribution in [0.1, 0.15) is 37.7 Å². The van der Waals surface area contributed by atoms with Crippen molar-refractivity contribution >= 4 is 60.3 Å². The summed E-state index contributed by atoms with van der Waals surface area (Å²) in [7, 11) is -2.46. The summed E-state index contributed by atoms with van der Waals surface area (Å²) in [5.74, 6) is 1.08. The third-order valence-corrected chi connectivity index (χ3v) is 9.87. The molecular weight excluding hydrogens is 584 g/mol. The molecule has 2 fully saturated rings. The van der Waals surface area contributed by atoms with Crippen molar-refractivity contribution in [3.8, 4) is 11.8 Å². The van der Waals surface area contributed by atoms with Crippen LogP contribution in [0.5, 0.6) is 0 Å². The first-order valence-electron chi connectivity index (χ1n) is 12.8. The topological polar surface area (TPSA) is 162 Å². The maximum atomic E-state index is 12.9. The molecule has 202 valence electrons. The molecule has 1 aliphatic heterocycles. The molecule has 13 heteroatoms. The molecule has 0 spiro atoms. The van der Waals surface area contributed by atoms with E-state index in [4.69, 9.17) is 4.98 Å². The number of aromatic nitrogens is 5. The summed E-state index contributed by atoms with van der Waals surface area (Å²) in [5.41, 5.74) is 2.36. The fourth-order valence-electron chi connectivity index (χ4n) is 5.41. The van der Waals surface area contributed by atoms with Gasteiger partial charge in [0.05, 0.1) is 22.2 Å². The summed E-state index contributed by atoms with van der Waals surface area (Å²) in [5, 5.41) is 22.4. The van der Waals surface area contributed by atoms with Gasteiger partial charge in [-0.3, -0.25) is 18.9 Å². The second kappa shape index (κ2) is 10.3. The van der Waals surface area contributed by atoms with E-state index in [1.165, 1.54) is 0 Å². The molecule has 2 aliphatic rings. The number of fused-ring (bicyclic) bond motifs is 2. The Morgan fingerprint density at radius 2 is 1.97 bits per heavy atom.